The van der Waals surface area contributed by atoms with Crippen molar-refractivity contribution in [1.82, 2.24) is 9.62 Å². The van der Waals surface area contributed by atoms with Gasteiger partial charge in [-0.15, -0.1) is 11.3 Å². The Hall–Kier alpha value is -2.10. The van der Waals surface area contributed by atoms with Crippen molar-refractivity contribution in [2.75, 3.05) is 33.6 Å². The molecule has 0 fully saturated rings. The summed E-state index contributed by atoms with van der Waals surface area (Å²) in [5, 5.41) is 0. The van der Waals surface area contributed by atoms with Crippen molar-refractivity contribution in [1.29, 1.82) is 0 Å². The number of amides is 1. The third-order valence-corrected chi connectivity index (χ3v) is 5.96. The van der Waals surface area contributed by atoms with Crippen LogP contribution >= 0.6 is 11.3 Å². The van der Waals surface area contributed by atoms with Gasteiger partial charge in [0, 0.05) is 24.5 Å². The van der Waals surface area contributed by atoms with Gasteiger partial charge in [-0.3, -0.25) is 4.79 Å². The molecule has 9 heteroatoms. The first-order valence-electron chi connectivity index (χ1n) is 8.81. The van der Waals surface area contributed by atoms with Crippen LogP contribution in [0.15, 0.2) is 30.3 Å². The van der Waals surface area contributed by atoms with E-state index in [-0.39, 0.29) is 5.91 Å². The molecule has 0 bridgehead atoms. The molecule has 0 saturated heterocycles. The Balaban J connectivity index is 2.05. The minimum absolute atomic E-state index is 0.0513. The number of benzene rings is 1. The van der Waals surface area contributed by atoms with Gasteiger partial charge in [0.05, 0.1) is 25.4 Å². The van der Waals surface area contributed by atoms with E-state index in [0.29, 0.717) is 42.4 Å². The SMILES string of the molecule is CCN(Cc1ccc(OC)c(OC)c1)C(=O)c1ccc(CCNS(C)(=O)=O)s1. The summed E-state index contributed by atoms with van der Waals surface area (Å²) < 4.78 is 35.3. The summed E-state index contributed by atoms with van der Waals surface area (Å²) in [6.07, 6.45) is 1.68. The highest BCUT2D eigenvalue weighted by Crippen LogP contribution is 2.28. The van der Waals surface area contributed by atoms with E-state index in [1.165, 1.54) is 11.3 Å². The average molecular weight is 427 g/mol. The Morgan fingerprint density at radius 3 is 2.46 bits per heavy atom. The lowest BCUT2D eigenvalue weighted by Gasteiger charge is -2.21. The highest BCUT2D eigenvalue weighted by Gasteiger charge is 2.18. The maximum Gasteiger partial charge on any atom is 0.264 e. The monoisotopic (exact) mass is 426 g/mol. The second kappa shape index (κ2) is 9.90. The lowest BCUT2D eigenvalue weighted by molar-refractivity contribution is 0.0757. The summed E-state index contributed by atoms with van der Waals surface area (Å²) in [5.41, 5.74) is 0.946. The second-order valence-corrected chi connectivity index (χ2v) is 9.19. The third kappa shape index (κ3) is 6.22. The summed E-state index contributed by atoms with van der Waals surface area (Å²) in [4.78, 5) is 16.2. The van der Waals surface area contributed by atoms with Gasteiger partial charge in [-0.2, -0.15) is 0 Å². The van der Waals surface area contributed by atoms with Crippen molar-refractivity contribution in [2.24, 2.45) is 0 Å². The molecule has 2 aromatic rings. The quantitative estimate of drug-likeness (QED) is 0.631. The summed E-state index contributed by atoms with van der Waals surface area (Å²) in [5.74, 6) is 1.22. The zero-order chi connectivity index (χ0) is 20.7. The normalized spacial score (nSPS) is 11.3. The minimum atomic E-state index is -3.21. The fraction of sp³-hybridized carbons (Fsp3) is 0.421. The molecule has 0 aliphatic rings. The molecule has 7 nitrogen and oxygen atoms in total. The number of methoxy groups -OCH3 is 2. The predicted octanol–water partition coefficient (Wildman–Crippen LogP) is 2.52. The van der Waals surface area contributed by atoms with Crippen molar-refractivity contribution in [3.05, 3.63) is 45.6 Å². The molecule has 1 aromatic heterocycles. The van der Waals surface area contributed by atoms with E-state index in [1.54, 1.807) is 25.2 Å². The van der Waals surface area contributed by atoms with Gasteiger partial charge in [0.15, 0.2) is 11.5 Å². The van der Waals surface area contributed by atoms with Gasteiger partial charge in [-0.25, -0.2) is 13.1 Å². The van der Waals surface area contributed by atoms with Crippen LogP contribution < -0.4 is 14.2 Å². The lowest BCUT2D eigenvalue weighted by Crippen LogP contribution is -2.29. The maximum atomic E-state index is 12.9. The van der Waals surface area contributed by atoms with Gasteiger partial charge in [-0.1, -0.05) is 6.07 Å². The lowest BCUT2D eigenvalue weighted by atomic mass is 10.2. The summed E-state index contributed by atoms with van der Waals surface area (Å²) >= 11 is 1.39. The Morgan fingerprint density at radius 1 is 1.14 bits per heavy atom. The number of carbonyl (C=O) groups is 1. The largest absolute Gasteiger partial charge is 0.493 e. The molecular weight excluding hydrogens is 400 g/mol. The van der Waals surface area contributed by atoms with Gasteiger partial charge in [-0.05, 0) is 43.2 Å². The molecule has 1 aromatic carbocycles. The molecule has 0 unspecified atom stereocenters. The van der Waals surface area contributed by atoms with Crippen molar-refractivity contribution in [3.8, 4) is 11.5 Å². The number of sulfonamides is 1. The Bertz CT molecular complexity index is 909. The van der Waals surface area contributed by atoms with E-state index in [1.807, 2.05) is 31.2 Å². The van der Waals surface area contributed by atoms with E-state index in [0.717, 1.165) is 16.7 Å². The number of carbonyl (C=O) groups excluding carboxylic acids is 1. The van der Waals surface area contributed by atoms with E-state index < -0.39 is 10.0 Å². The predicted molar refractivity (Wildman–Crippen MR) is 111 cm³/mol. The van der Waals surface area contributed by atoms with Crippen molar-refractivity contribution in [2.45, 2.75) is 19.9 Å². The van der Waals surface area contributed by atoms with Crippen LogP contribution in [0.2, 0.25) is 0 Å². The van der Waals surface area contributed by atoms with Gasteiger partial charge >= 0.3 is 0 Å². The number of thiophene rings is 1. The first kappa shape index (κ1) is 22.2. The van der Waals surface area contributed by atoms with Crippen LogP contribution in [0, 0.1) is 0 Å². The number of rotatable bonds is 10. The fourth-order valence-corrected chi connectivity index (χ4v) is 4.12. The molecule has 1 heterocycles. The summed E-state index contributed by atoms with van der Waals surface area (Å²) in [6.45, 7) is 3.27. The topological polar surface area (TPSA) is 84.9 Å². The Kier molecular flexibility index (Phi) is 7.85. The Labute approximate surface area is 170 Å². The highest BCUT2D eigenvalue weighted by atomic mass is 32.2. The van der Waals surface area contributed by atoms with Gasteiger partial charge in [0.2, 0.25) is 10.0 Å². The first-order valence-corrected chi connectivity index (χ1v) is 11.5. The first-order chi connectivity index (χ1) is 13.3. The fourth-order valence-electron chi connectivity index (χ4n) is 2.67. The van der Waals surface area contributed by atoms with E-state index in [2.05, 4.69) is 4.72 Å². The molecule has 28 heavy (non-hydrogen) atoms. The van der Waals surface area contributed by atoms with Crippen LogP contribution in [0.5, 0.6) is 11.5 Å². The summed E-state index contributed by atoms with van der Waals surface area (Å²) in [6, 6.07) is 9.26. The zero-order valence-electron chi connectivity index (χ0n) is 16.5. The molecule has 0 aliphatic heterocycles. The minimum Gasteiger partial charge on any atom is -0.493 e. The highest BCUT2D eigenvalue weighted by molar-refractivity contribution is 7.88. The van der Waals surface area contributed by atoms with Gasteiger partial charge in [0.25, 0.3) is 5.91 Å². The number of nitrogens with zero attached hydrogens (tertiary/aromatic N) is 1. The maximum absolute atomic E-state index is 12.9. The van der Waals surface area contributed by atoms with Gasteiger partial charge in [0.1, 0.15) is 0 Å². The van der Waals surface area contributed by atoms with Crippen LogP contribution in [0.1, 0.15) is 27.0 Å². The molecule has 0 radical (unpaired) electrons. The molecule has 0 spiro atoms. The standard InChI is InChI=1S/C19H26N2O5S2/c1-5-21(13-14-6-8-16(25-2)17(12-14)26-3)19(22)18-9-7-15(27-18)10-11-20-28(4,23)24/h6-9,12,20H,5,10-11,13H2,1-4H3. The summed E-state index contributed by atoms with van der Waals surface area (Å²) in [7, 11) is -0.0442. The van der Waals surface area contributed by atoms with E-state index in [4.69, 9.17) is 9.47 Å². The van der Waals surface area contributed by atoms with Crippen LogP contribution in [-0.2, 0) is 23.0 Å². The number of ether oxygens (including phenoxy) is 2. The number of hydrogen-bond donors (Lipinski definition) is 1. The number of nitrogens with one attached hydrogen (secondary N) is 1. The Morgan fingerprint density at radius 2 is 1.86 bits per heavy atom. The zero-order valence-corrected chi connectivity index (χ0v) is 18.2. The average Bonchev–Trinajstić information content (AvgIpc) is 3.13. The van der Waals surface area contributed by atoms with Crippen molar-refractivity contribution in [3.63, 3.8) is 0 Å². The van der Waals surface area contributed by atoms with Gasteiger partial charge < -0.3 is 14.4 Å². The smallest absolute Gasteiger partial charge is 0.264 e. The molecule has 1 N–H and O–H groups in total. The number of hydrogen-bond acceptors (Lipinski definition) is 6. The molecule has 154 valence electrons. The van der Waals surface area contributed by atoms with E-state index >= 15 is 0 Å². The van der Waals surface area contributed by atoms with Crippen LogP contribution in [0.25, 0.3) is 0 Å². The molecule has 2 rings (SSSR count). The van der Waals surface area contributed by atoms with Crippen LogP contribution in [0.4, 0.5) is 0 Å². The van der Waals surface area contributed by atoms with Crippen molar-refractivity contribution >= 4 is 27.3 Å². The molecular formula is C19H26N2O5S2. The molecule has 1 amide bonds. The van der Waals surface area contributed by atoms with E-state index in [9.17, 15) is 13.2 Å². The third-order valence-electron chi connectivity index (χ3n) is 4.10. The van der Waals surface area contributed by atoms with Crippen molar-refractivity contribution < 1.29 is 22.7 Å². The molecule has 0 aliphatic carbocycles. The second-order valence-electron chi connectivity index (χ2n) is 6.19. The van der Waals surface area contributed by atoms with Crippen LogP contribution in [-0.4, -0.2) is 52.8 Å². The molecule has 0 atom stereocenters. The molecule has 0 saturated carbocycles. The van der Waals surface area contributed by atoms with Crippen LogP contribution in [0.3, 0.4) is 0 Å².